The van der Waals surface area contributed by atoms with Gasteiger partial charge in [0.05, 0.1) is 18.5 Å². The number of fused-ring (bicyclic) bond motifs is 1. The molecular weight excluding hydrogens is 454 g/mol. The van der Waals surface area contributed by atoms with Crippen LogP contribution in [-0.2, 0) is 9.53 Å². The maximum atomic E-state index is 12.5. The van der Waals surface area contributed by atoms with Gasteiger partial charge in [0.2, 0.25) is 5.88 Å². The van der Waals surface area contributed by atoms with Crippen LogP contribution in [0.2, 0.25) is 0 Å². The molecule has 9 heteroatoms. The van der Waals surface area contributed by atoms with E-state index in [4.69, 9.17) is 4.74 Å². The SMILES string of the molecule is COC(=O)C1=Nc2ccccc2C1=Cc1c(O)n(-c2ccc(Br)cc2)c(=O)[nH]c1=O. The van der Waals surface area contributed by atoms with Crippen molar-refractivity contribution in [2.45, 2.75) is 0 Å². The van der Waals surface area contributed by atoms with Gasteiger partial charge in [-0.2, -0.15) is 0 Å². The largest absolute Gasteiger partial charge is 0.494 e. The molecule has 2 aromatic carbocycles. The third-order valence-corrected chi connectivity index (χ3v) is 5.08. The van der Waals surface area contributed by atoms with E-state index in [-0.39, 0.29) is 11.3 Å². The van der Waals surface area contributed by atoms with Crippen LogP contribution >= 0.6 is 15.9 Å². The van der Waals surface area contributed by atoms with E-state index in [0.29, 0.717) is 22.5 Å². The quantitative estimate of drug-likeness (QED) is 0.574. The standard InChI is InChI=1S/C21H14BrN3O5/c1-30-20(28)17-14(13-4-2-3-5-16(13)23-17)10-15-18(26)24-21(29)25(19(15)27)12-8-6-11(22)7-9-12/h2-10,27H,1H3,(H,24,26,29). The second-order valence-electron chi connectivity index (χ2n) is 6.34. The average Bonchev–Trinajstić information content (AvgIpc) is 3.10. The lowest BCUT2D eigenvalue weighted by Crippen LogP contribution is -2.30. The highest BCUT2D eigenvalue weighted by Gasteiger charge is 2.28. The summed E-state index contributed by atoms with van der Waals surface area (Å²) in [5.74, 6) is -1.25. The molecule has 4 rings (SSSR count). The van der Waals surface area contributed by atoms with E-state index in [1.807, 2.05) is 0 Å². The fraction of sp³-hybridized carbons (Fsp3) is 0.0476. The minimum atomic E-state index is -0.799. The van der Waals surface area contributed by atoms with Gasteiger partial charge in [0, 0.05) is 15.6 Å². The predicted molar refractivity (Wildman–Crippen MR) is 115 cm³/mol. The molecule has 2 heterocycles. The van der Waals surface area contributed by atoms with E-state index in [2.05, 4.69) is 25.9 Å². The summed E-state index contributed by atoms with van der Waals surface area (Å²) < 4.78 is 6.55. The van der Waals surface area contributed by atoms with Gasteiger partial charge >= 0.3 is 11.7 Å². The number of carbonyl (C=O) groups excluding carboxylic acids is 1. The number of benzene rings is 2. The van der Waals surface area contributed by atoms with E-state index in [1.54, 1.807) is 48.5 Å². The molecule has 0 atom stereocenters. The first-order valence-corrected chi connectivity index (χ1v) is 9.52. The van der Waals surface area contributed by atoms with Crippen LogP contribution in [0.3, 0.4) is 0 Å². The number of carbonyl (C=O) groups is 1. The number of hydrogen-bond donors (Lipinski definition) is 2. The Bertz CT molecular complexity index is 1350. The zero-order valence-corrected chi connectivity index (χ0v) is 17.1. The minimum absolute atomic E-state index is 0.00103. The van der Waals surface area contributed by atoms with Gasteiger partial charge < -0.3 is 9.84 Å². The van der Waals surface area contributed by atoms with E-state index in [0.717, 1.165) is 9.04 Å². The molecule has 30 heavy (non-hydrogen) atoms. The molecule has 0 saturated carbocycles. The normalized spacial score (nSPS) is 13.8. The molecule has 0 aliphatic carbocycles. The van der Waals surface area contributed by atoms with Crippen molar-refractivity contribution in [3.8, 4) is 11.6 Å². The average molecular weight is 468 g/mol. The van der Waals surface area contributed by atoms with E-state index in [9.17, 15) is 19.5 Å². The summed E-state index contributed by atoms with van der Waals surface area (Å²) in [6, 6.07) is 13.6. The molecule has 0 unspecified atom stereocenters. The first kappa shape index (κ1) is 19.6. The maximum Gasteiger partial charge on any atom is 0.357 e. The van der Waals surface area contributed by atoms with Crippen molar-refractivity contribution in [1.82, 2.24) is 9.55 Å². The van der Waals surface area contributed by atoms with Crippen molar-refractivity contribution in [3.05, 3.63) is 85.0 Å². The van der Waals surface area contributed by atoms with Gasteiger partial charge in [-0.3, -0.25) is 9.78 Å². The van der Waals surface area contributed by atoms with Crippen LogP contribution in [0.5, 0.6) is 5.88 Å². The minimum Gasteiger partial charge on any atom is -0.494 e. The zero-order chi connectivity index (χ0) is 21.4. The Morgan fingerprint density at radius 1 is 1.17 bits per heavy atom. The van der Waals surface area contributed by atoms with Crippen molar-refractivity contribution in [3.63, 3.8) is 0 Å². The maximum absolute atomic E-state index is 12.5. The third-order valence-electron chi connectivity index (χ3n) is 4.55. The molecule has 150 valence electrons. The molecule has 0 saturated heterocycles. The van der Waals surface area contributed by atoms with Gasteiger partial charge in [0.15, 0.2) is 5.71 Å². The number of aliphatic imine (C=N–C) groups is 1. The lowest BCUT2D eigenvalue weighted by molar-refractivity contribution is -0.132. The number of rotatable bonds is 3. The molecule has 0 bridgehead atoms. The molecule has 1 aliphatic rings. The summed E-state index contributed by atoms with van der Waals surface area (Å²) in [6.45, 7) is 0. The number of nitrogens with zero attached hydrogens (tertiary/aromatic N) is 2. The Labute approximate surface area is 177 Å². The third kappa shape index (κ3) is 3.29. The van der Waals surface area contributed by atoms with Gasteiger partial charge in [-0.15, -0.1) is 0 Å². The van der Waals surface area contributed by atoms with Crippen molar-refractivity contribution in [2.24, 2.45) is 4.99 Å². The number of aromatic hydroxyl groups is 1. The highest BCUT2D eigenvalue weighted by atomic mass is 79.9. The number of nitrogens with one attached hydrogen (secondary N) is 1. The topological polar surface area (TPSA) is 114 Å². The smallest absolute Gasteiger partial charge is 0.357 e. The van der Waals surface area contributed by atoms with E-state index >= 15 is 0 Å². The van der Waals surface area contributed by atoms with Crippen LogP contribution in [0.25, 0.3) is 17.3 Å². The second-order valence-corrected chi connectivity index (χ2v) is 7.25. The molecule has 0 fully saturated rings. The van der Waals surface area contributed by atoms with Gasteiger partial charge in [-0.05, 0) is 36.4 Å². The number of methoxy groups -OCH3 is 1. The van der Waals surface area contributed by atoms with E-state index in [1.165, 1.54) is 13.2 Å². The van der Waals surface area contributed by atoms with Crippen molar-refractivity contribution < 1.29 is 14.6 Å². The summed E-state index contributed by atoms with van der Waals surface area (Å²) in [5.41, 5.74) is -0.00810. The lowest BCUT2D eigenvalue weighted by Gasteiger charge is -2.11. The Balaban J connectivity index is 1.96. The number of hydrogen-bond acceptors (Lipinski definition) is 6. The summed E-state index contributed by atoms with van der Waals surface area (Å²) in [5, 5.41) is 10.8. The second kappa shape index (κ2) is 7.60. The van der Waals surface area contributed by atoms with Crippen molar-refractivity contribution in [1.29, 1.82) is 0 Å². The number of aromatic nitrogens is 2. The first-order chi connectivity index (χ1) is 14.4. The molecule has 8 nitrogen and oxygen atoms in total. The fourth-order valence-electron chi connectivity index (χ4n) is 3.15. The van der Waals surface area contributed by atoms with Gasteiger partial charge in [0.1, 0.15) is 5.56 Å². The summed E-state index contributed by atoms with van der Waals surface area (Å²) in [6.07, 6.45) is 1.32. The number of H-pyrrole nitrogens is 1. The number of aromatic amines is 1. The Hall–Kier alpha value is -3.72. The molecule has 1 aromatic heterocycles. The van der Waals surface area contributed by atoms with Gasteiger partial charge in [0.25, 0.3) is 5.56 Å². The van der Waals surface area contributed by atoms with Crippen LogP contribution in [0.1, 0.15) is 11.1 Å². The summed E-state index contributed by atoms with van der Waals surface area (Å²) in [7, 11) is 1.23. The molecule has 0 radical (unpaired) electrons. The van der Waals surface area contributed by atoms with E-state index < -0.39 is 23.1 Å². The molecule has 2 N–H and O–H groups in total. The lowest BCUT2D eigenvalue weighted by atomic mass is 10.0. The number of ether oxygens (including phenoxy) is 1. The molecule has 0 spiro atoms. The number of halogens is 1. The highest BCUT2D eigenvalue weighted by molar-refractivity contribution is 9.10. The van der Waals surface area contributed by atoms with Crippen LogP contribution in [0.4, 0.5) is 5.69 Å². The number of para-hydroxylation sites is 1. The van der Waals surface area contributed by atoms with Crippen molar-refractivity contribution in [2.75, 3.05) is 7.11 Å². The van der Waals surface area contributed by atoms with Crippen LogP contribution in [-0.4, -0.2) is 33.4 Å². The van der Waals surface area contributed by atoms with Crippen molar-refractivity contribution >= 4 is 44.9 Å². The Morgan fingerprint density at radius 2 is 1.87 bits per heavy atom. The first-order valence-electron chi connectivity index (χ1n) is 8.73. The zero-order valence-electron chi connectivity index (χ0n) is 15.5. The predicted octanol–water partition coefficient (Wildman–Crippen LogP) is 2.79. The summed E-state index contributed by atoms with van der Waals surface area (Å²) in [4.78, 5) is 43.6. The molecule has 3 aromatic rings. The molecule has 0 amide bonds. The number of esters is 1. The Kier molecular flexibility index (Phi) is 4.96. The molecular formula is C21H14BrN3O5. The summed E-state index contributed by atoms with van der Waals surface area (Å²) >= 11 is 3.31. The monoisotopic (exact) mass is 467 g/mol. The van der Waals surface area contributed by atoms with Crippen LogP contribution in [0.15, 0.2) is 67.6 Å². The van der Waals surface area contributed by atoms with Gasteiger partial charge in [-0.1, -0.05) is 34.1 Å². The highest BCUT2D eigenvalue weighted by Crippen LogP contribution is 2.36. The van der Waals surface area contributed by atoms with Crippen LogP contribution < -0.4 is 11.2 Å². The Morgan fingerprint density at radius 3 is 2.57 bits per heavy atom. The van der Waals surface area contributed by atoms with Crippen LogP contribution in [0, 0.1) is 0 Å². The van der Waals surface area contributed by atoms with Gasteiger partial charge in [-0.25, -0.2) is 19.1 Å². The molecule has 1 aliphatic heterocycles. The fourth-order valence-corrected chi connectivity index (χ4v) is 3.41.